The van der Waals surface area contributed by atoms with E-state index >= 15 is 0 Å². The van der Waals surface area contributed by atoms with Gasteiger partial charge in [0.25, 0.3) is 0 Å². The summed E-state index contributed by atoms with van der Waals surface area (Å²) >= 11 is 0. The van der Waals surface area contributed by atoms with Crippen molar-refractivity contribution in [2.24, 2.45) is 11.1 Å². The van der Waals surface area contributed by atoms with Crippen LogP contribution in [0.5, 0.6) is 0 Å². The molecule has 0 spiro atoms. The molecule has 0 amide bonds. The Kier molecular flexibility index (Phi) is 2.68. The van der Waals surface area contributed by atoms with Crippen LogP contribution in [0.25, 0.3) is 10.9 Å². The van der Waals surface area contributed by atoms with Gasteiger partial charge in [-0.25, -0.2) is 0 Å². The third-order valence-corrected chi connectivity index (χ3v) is 4.92. The molecule has 1 heterocycles. The third kappa shape index (κ3) is 1.86. The molecule has 1 fully saturated rings. The van der Waals surface area contributed by atoms with Gasteiger partial charge in [0.15, 0.2) is 0 Å². The number of pyridine rings is 1. The van der Waals surface area contributed by atoms with Crippen LogP contribution < -0.4 is 5.73 Å². The second-order valence-electron chi connectivity index (χ2n) is 6.57. The Hall–Kier alpha value is -1.41. The quantitative estimate of drug-likeness (QED) is 0.838. The minimum absolute atomic E-state index is 0.165. The summed E-state index contributed by atoms with van der Waals surface area (Å²) in [5.74, 6) is 0. The van der Waals surface area contributed by atoms with Crippen molar-refractivity contribution in [3.8, 4) is 0 Å². The van der Waals surface area contributed by atoms with Gasteiger partial charge in [-0.05, 0) is 48.9 Å². The molecular weight excluding hydrogens is 232 g/mol. The lowest BCUT2D eigenvalue weighted by Crippen LogP contribution is -2.45. The van der Waals surface area contributed by atoms with Gasteiger partial charge < -0.3 is 5.73 Å². The summed E-state index contributed by atoms with van der Waals surface area (Å²) in [5, 5.41) is 1.19. The van der Waals surface area contributed by atoms with Gasteiger partial charge in [-0.2, -0.15) is 0 Å². The highest BCUT2D eigenvalue weighted by Gasteiger charge is 2.46. The number of rotatable bonds is 1. The predicted molar refractivity (Wildman–Crippen MR) is 80.0 cm³/mol. The Morgan fingerprint density at radius 3 is 2.58 bits per heavy atom. The maximum absolute atomic E-state index is 6.76. The maximum Gasteiger partial charge on any atom is 0.0705 e. The van der Waals surface area contributed by atoms with E-state index in [2.05, 4.69) is 49.2 Å². The minimum Gasteiger partial charge on any atom is -0.321 e. The average molecular weight is 254 g/mol. The number of benzene rings is 1. The maximum atomic E-state index is 6.76. The summed E-state index contributed by atoms with van der Waals surface area (Å²) in [5.41, 5.74) is 10.1. The third-order valence-electron chi connectivity index (χ3n) is 4.92. The van der Waals surface area contributed by atoms with Crippen molar-refractivity contribution >= 4 is 10.9 Å². The van der Waals surface area contributed by atoms with Crippen LogP contribution in [0.15, 0.2) is 30.3 Å². The molecule has 1 aromatic heterocycles. The number of hydrogen-bond donors (Lipinski definition) is 1. The van der Waals surface area contributed by atoms with Gasteiger partial charge in [0.1, 0.15) is 0 Å². The Balaban J connectivity index is 2.13. The number of fused-ring (bicyclic) bond motifs is 1. The first-order chi connectivity index (χ1) is 8.92. The number of aromatic nitrogens is 1. The fourth-order valence-electron chi connectivity index (χ4n) is 3.41. The average Bonchev–Trinajstić information content (AvgIpc) is 2.64. The largest absolute Gasteiger partial charge is 0.321 e. The van der Waals surface area contributed by atoms with E-state index in [1.54, 1.807) is 0 Å². The normalized spacial score (nSPS) is 25.9. The summed E-state index contributed by atoms with van der Waals surface area (Å²) in [4.78, 5) is 4.56. The molecule has 1 aliphatic carbocycles. The van der Waals surface area contributed by atoms with Crippen molar-refractivity contribution in [2.75, 3.05) is 0 Å². The highest BCUT2D eigenvalue weighted by atomic mass is 14.8. The fourth-order valence-corrected chi connectivity index (χ4v) is 3.41. The van der Waals surface area contributed by atoms with Crippen LogP contribution in [0.3, 0.4) is 0 Å². The molecule has 0 bridgehead atoms. The Bertz CT molecular complexity index is 630. The van der Waals surface area contributed by atoms with Crippen LogP contribution in [-0.4, -0.2) is 4.98 Å². The van der Waals surface area contributed by atoms with E-state index in [-0.39, 0.29) is 11.0 Å². The van der Waals surface area contributed by atoms with Gasteiger partial charge in [-0.3, -0.25) is 4.98 Å². The second-order valence-corrected chi connectivity index (χ2v) is 6.57. The molecule has 3 rings (SSSR count). The number of aryl methyl sites for hydroxylation is 1. The van der Waals surface area contributed by atoms with Crippen molar-refractivity contribution in [1.29, 1.82) is 0 Å². The van der Waals surface area contributed by atoms with E-state index in [0.717, 1.165) is 17.6 Å². The molecule has 1 atom stereocenters. The second kappa shape index (κ2) is 4.04. The summed E-state index contributed by atoms with van der Waals surface area (Å²) in [6, 6.07) is 10.7. The van der Waals surface area contributed by atoms with E-state index in [0.29, 0.717) is 0 Å². The van der Waals surface area contributed by atoms with Gasteiger partial charge in [0.05, 0.1) is 5.52 Å². The lowest BCUT2D eigenvalue weighted by atomic mass is 9.71. The molecule has 19 heavy (non-hydrogen) atoms. The fraction of sp³-hybridized carbons (Fsp3) is 0.471. The molecule has 0 radical (unpaired) electrons. The molecule has 1 saturated carbocycles. The Morgan fingerprint density at radius 1 is 1.11 bits per heavy atom. The molecule has 100 valence electrons. The lowest BCUT2D eigenvalue weighted by Gasteiger charge is -2.39. The van der Waals surface area contributed by atoms with Crippen molar-refractivity contribution in [3.63, 3.8) is 0 Å². The summed E-state index contributed by atoms with van der Waals surface area (Å²) in [6.07, 6.45) is 3.49. The van der Waals surface area contributed by atoms with Crippen LogP contribution in [0.2, 0.25) is 0 Å². The Labute approximate surface area is 115 Å². The van der Waals surface area contributed by atoms with E-state index in [4.69, 9.17) is 5.73 Å². The van der Waals surface area contributed by atoms with Gasteiger partial charge in [0.2, 0.25) is 0 Å². The van der Waals surface area contributed by atoms with Crippen molar-refractivity contribution in [2.45, 2.75) is 45.6 Å². The highest BCUT2D eigenvalue weighted by molar-refractivity contribution is 5.79. The molecular formula is C17H22N2. The van der Waals surface area contributed by atoms with Gasteiger partial charge in [0, 0.05) is 16.6 Å². The van der Waals surface area contributed by atoms with Crippen LogP contribution in [0.4, 0.5) is 0 Å². The summed E-state index contributed by atoms with van der Waals surface area (Å²) in [6.45, 7) is 6.60. The first-order valence-electron chi connectivity index (χ1n) is 7.09. The van der Waals surface area contributed by atoms with Gasteiger partial charge in [-0.1, -0.05) is 32.4 Å². The minimum atomic E-state index is -0.202. The van der Waals surface area contributed by atoms with E-state index in [9.17, 15) is 0 Å². The van der Waals surface area contributed by atoms with Crippen LogP contribution in [0.1, 0.15) is 44.4 Å². The number of hydrogen-bond acceptors (Lipinski definition) is 2. The monoisotopic (exact) mass is 254 g/mol. The van der Waals surface area contributed by atoms with E-state index in [1.165, 1.54) is 23.8 Å². The van der Waals surface area contributed by atoms with Gasteiger partial charge >= 0.3 is 0 Å². The zero-order chi connectivity index (χ0) is 13.7. The zero-order valence-electron chi connectivity index (χ0n) is 12.0. The van der Waals surface area contributed by atoms with Crippen LogP contribution in [-0.2, 0) is 5.54 Å². The highest BCUT2D eigenvalue weighted by Crippen LogP contribution is 2.50. The van der Waals surface area contributed by atoms with E-state index in [1.807, 2.05) is 6.92 Å². The lowest BCUT2D eigenvalue weighted by molar-refractivity contribution is 0.210. The summed E-state index contributed by atoms with van der Waals surface area (Å²) in [7, 11) is 0. The molecule has 2 aromatic rings. The first kappa shape index (κ1) is 12.6. The molecule has 1 aliphatic rings. The molecule has 1 aromatic carbocycles. The standard InChI is InChI=1S/C17H22N2/c1-12-5-6-13-11-14(7-8-15(13)19-12)17(18)10-4-9-16(17,2)3/h5-8,11H,4,9-10,18H2,1-3H3. The van der Waals surface area contributed by atoms with Crippen molar-refractivity contribution < 1.29 is 0 Å². The first-order valence-corrected chi connectivity index (χ1v) is 7.09. The predicted octanol–water partition coefficient (Wildman–Crippen LogP) is 3.91. The van der Waals surface area contributed by atoms with Crippen LogP contribution in [0, 0.1) is 12.3 Å². The SMILES string of the molecule is Cc1ccc2cc(C3(N)CCCC3(C)C)ccc2n1. The smallest absolute Gasteiger partial charge is 0.0705 e. The molecule has 2 N–H and O–H groups in total. The van der Waals surface area contributed by atoms with Crippen molar-refractivity contribution in [3.05, 3.63) is 41.6 Å². The zero-order valence-corrected chi connectivity index (χ0v) is 12.0. The molecule has 0 saturated heterocycles. The number of nitrogens with two attached hydrogens (primary N) is 1. The van der Waals surface area contributed by atoms with Gasteiger partial charge in [-0.15, -0.1) is 0 Å². The molecule has 2 heteroatoms. The van der Waals surface area contributed by atoms with E-state index < -0.39 is 0 Å². The van der Waals surface area contributed by atoms with Crippen LogP contribution >= 0.6 is 0 Å². The van der Waals surface area contributed by atoms with Crippen molar-refractivity contribution in [1.82, 2.24) is 4.98 Å². The molecule has 2 nitrogen and oxygen atoms in total. The Morgan fingerprint density at radius 2 is 1.89 bits per heavy atom. The number of nitrogens with zero attached hydrogens (tertiary/aromatic N) is 1. The topological polar surface area (TPSA) is 38.9 Å². The molecule has 1 unspecified atom stereocenters. The molecule has 0 aliphatic heterocycles. The summed E-state index contributed by atoms with van der Waals surface area (Å²) < 4.78 is 0.